The predicted octanol–water partition coefficient (Wildman–Crippen LogP) is 1.02. The number of rotatable bonds is 10. The smallest absolute Gasteiger partial charge is 0.327 e. The van der Waals surface area contributed by atoms with E-state index in [1.165, 1.54) is 12.8 Å². The van der Waals surface area contributed by atoms with Crippen molar-refractivity contribution in [2.75, 3.05) is 40.0 Å². The van der Waals surface area contributed by atoms with Gasteiger partial charge in [0, 0.05) is 19.7 Å². The summed E-state index contributed by atoms with van der Waals surface area (Å²) in [5.74, 6) is 0.810. The molecule has 0 aromatic carbocycles. The maximum Gasteiger partial charge on any atom is 0.327 e. The molecule has 0 aromatic rings. The van der Waals surface area contributed by atoms with Gasteiger partial charge < -0.3 is 20.1 Å². The highest BCUT2D eigenvalue weighted by Crippen LogP contribution is 2.39. The van der Waals surface area contributed by atoms with Gasteiger partial charge in [0.2, 0.25) is 0 Å². The van der Waals surface area contributed by atoms with Gasteiger partial charge in [-0.25, -0.2) is 4.79 Å². The zero-order valence-corrected chi connectivity index (χ0v) is 12.8. The third kappa shape index (κ3) is 4.43. The highest BCUT2D eigenvalue weighted by Gasteiger charge is 2.49. The maximum atomic E-state index is 12.1. The van der Waals surface area contributed by atoms with Gasteiger partial charge >= 0.3 is 5.97 Å². The quantitative estimate of drug-likeness (QED) is 0.479. The van der Waals surface area contributed by atoms with Gasteiger partial charge in [-0.3, -0.25) is 0 Å². The van der Waals surface area contributed by atoms with Crippen LogP contribution in [0.3, 0.4) is 0 Å². The van der Waals surface area contributed by atoms with E-state index in [2.05, 4.69) is 4.90 Å². The number of ether oxygens (including phenoxy) is 2. The van der Waals surface area contributed by atoms with Crippen molar-refractivity contribution in [2.45, 2.75) is 38.1 Å². The third-order valence-corrected chi connectivity index (χ3v) is 4.16. The molecule has 2 aliphatic carbocycles. The fourth-order valence-corrected chi connectivity index (χ4v) is 2.50. The Kier molecular flexibility index (Phi) is 5.41. The molecular weight excluding hydrogens is 256 g/mol. The van der Waals surface area contributed by atoms with Crippen molar-refractivity contribution in [3.63, 3.8) is 0 Å². The molecule has 0 heterocycles. The fourth-order valence-electron chi connectivity index (χ4n) is 2.50. The Hall–Kier alpha value is -0.650. The normalized spacial score (nSPS) is 21.8. The predicted molar refractivity (Wildman–Crippen MR) is 77.3 cm³/mol. The van der Waals surface area contributed by atoms with Crippen molar-refractivity contribution in [1.29, 1.82) is 0 Å². The van der Waals surface area contributed by atoms with Gasteiger partial charge in [0.1, 0.15) is 5.54 Å². The van der Waals surface area contributed by atoms with Gasteiger partial charge in [-0.2, -0.15) is 0 Å². The molecule has 116 valence electrons. The molecule has 0 radical (unpaired) electrons. The van der Waals surface area contributed by atoms with E-state index in [4.69, 9.17) is 15.2 Å². The van der Waals surface area contributed by atoms with Crippen LogP contribution in [0.25, 0.3) is 0 Å². The van der Waals surface area contributed by atoms with Crippen molar-refractivity contribution < 1.29 is 14.3 Å². The third-order valence-electron chi connectivity index (χ3n) is 4.16. The molecule has 2 aliphatic rings. The van der Waals surface area contributed by atoms with Crippen LogP contribution in [0.2, 0.25) is 0 Å². The summed E-state index contributed by atoms with van der Waals surface area (Å²) in [5, 5.41) is 0. The van der Waals surface area contributed by atoms with Crippen molar-refractivity contribution in [3.8, 4) is 0 Å². The first-order valence-electron chi connectivity index (χ1n) is 7.78. The average molecular weight is 284 g/mol. The second-order valence-corrected chi connectivity index (χ2v) is 6.29. The largest absolute Gasteiger partial charge is 0.465 e. The monoisotopic (exact) mass is 284 g/mol. The van der Waals surface area contributed by atoms with Crippen LogP contribution in [0.5, 0.6) is 0 Å². The minimum Gasteiger partial charge on any atom is -0.465 e. The first kappa shape index (κ1) is 15.7. The average Bonchev–Trinajstić information content (AvgIpc) is 3.28. The second-order valence-electron chi connectivity index (χ2n) is 6.29. The summed E-state index contributed by atoms with van der Waals surface area (Å²) in [6.07, 6.45) is 4.68. The first-order valence-corrected chi connectivity index (χ1v) is 7.78. The van der Waals surface area contributed by atoms with Gasteiger partial charge in [0.25, 0.3) is 0 Å². The van der Waals surface area contributed by atoms with Gasteiger partial charge in [-0.15, -0.1) is 0 Å². The molecule has 2 N–H and O–H groups in total. The Bertz CT molecular complexity index is 329. The summed E-state index contributed by atoms with van der Waals surface area (Å²) in [7, 11) is 1.99. The second kappa shape index (κ2) is 6.87. The summed E-state index contributed by atoms with van der Waals surface area (Å²) in [6, 6.07) is 0. The standard InChI is InChI=1S/C15H28N2O3/c1-3-20-14(18)15(16,13-6-7-13)11-17(2)8-9-19-10-12-4-5-12/h12-13H,3-11,16H2,1-2H3. The van der Waals surface area contributed by atoms with Crippen molar-refractivity contribution in [1.82, 2.24) is 4.90 Å². The lowest BCUT2D eigenvalue weighted by Crippen LogP contribution is -2.58. The number of likely N-dealkylation sites (N-methyl/N-ethyl adjacent to an activating group) is 1. The van der Waals surface area contributed by atoms with Gasteiger partial charge in [0.15, 0.2) is 0 Å². The molecule has 2 saturated carbocycles. The molecule has 0 bridgehead atoms. The first-order chi connectivity index (χ1) is 9.56. The van der Waals surface area contributed by atoms with E-state index in [1.54, 1.807) is 0 Å². The molecule has 2 fully saturated rings. The Morgan fingerprint density at radius 3 is 2.60 bits per heavy atom. The molecule has 5 nitrogen and oxygen atoms in total. The summed E-state index contributed by atoms with van der Waals surface area (Å²) >= 11 is 0. The lowest BCUT2D eigenvalue weighted by Gasteiger charge is -2.31. The van der Waals surface area contributed by atoms with E-state index >= 15 is 0 Å². The molecule has 0 amide bonds. The molecule has 20 heavy (non-hydrogen) atoms. The minimum atomic E-state index is -0.846. The van der Waals surface area contributed by atoms with Crippen LogP contribution in [0, 0.1) is 11.8 Å². The molecule has 1 atom stereocenters. The topological polar surface area (TPSA) is 64.8 Å². The van der Waals surface area contributed by atoms with Crippen LogP contribution in [0.1, 0.15) is 32.6 Å². The number of esters is 1. The molecule has 5 heteroatoms. The number of hydrogen-bond acceptors (Lipinski definition) is 5. The van der Waals surface area contributed by atoms with E-state index in [-0.39, 0.29) is 11.9 Å². The van der Waals surface area contributed by atoms with Gasteiger partial charge in [-0.05, 0) is 51.5 Å². The summed E-state index contributed by atoms with van der Waals surface area (Å²) in [5.41, 5.74) is 5.49. The van der Waals surface area contributed by atoms with Gasteiger partial charge in [0.05, 0.1) is 13.2 Å². The van der Waals surface area contributed by atoms with Crippen LogP contribution >= 0.6 is 0 Å². The lowest BCUT2D eigenvalue weighted by molar-refractivity contribution is -0.151. The fraction of sp³-hybridized carbons (Fsp3) is 0.933. The number of nitrogens with zero attached hydrogens (tertiary/aromatic N) is 1. The Labute approximate surface area is 121 Å². The molecule has 2 rings (SSSR count). The molecule has 0 saturated heterocycles. The summed E-state index contributed by atoms with van der Waals surface area (Å²) in [4.78, 5) is 14.2. The van der Waals surface area contributed by atoms with Gasteiger partial charge in [-0.1, -0.05) is 0 Å². The molecule has 0 aromatic heterocycles. The van der Waals surface area contributed by atoms with Crippen LogP contribution in [0.4, 0.5) is 0 Å². The minimum absolute atomic E-state index is 0.256. The molecule has 0 spiro atoms. The van der Waals surface area contributed by atoms with Crippen molar-refractivity contribution in [3.05, 3.63) is 0 Å². The van der Waals surface area contributed by atoms with Crippen LogP contribution in [0.15, 0.2) is 0 Å². The van der Waals surface area contributed by atoms with Crippen LogP contribution in [-0.2, 0) is 14.3 Å². The SMILES string of the molecule is CCOC(=O)C(N)(CN(C)CCOCC1CC1)C1CC1. The van der Waals surface area contributed by atoms with Crippen LogP contribution in [-0.4, -0.2) is 56.4 Å². The Morgan fingerprint density at radius 2 is 2.05 bits per heavy atom. The lowest BCUT2D eigenvalue weighted by atomic mass is 9.94. The Balaban J connectivity index is 1.72. The van der Waals surface area contributed by atoms with Crippen molar-refractivity contribution >= 4 is 5.97 Å². The molecule has 0 aliphatic heterocycles. The summed E-state index contributed by atoms with van der Waals surface area (Å²) in [6.45, 7) is 5.14. The number of carbonyl (C=O) groups excluding carboxylic acids is 1. The summed E-state index contributed by atoms with van der Waals surface area (Å²) < 4.78 is 10.8. The molecular formula is C15H28N2O3. The Morgan fingerprint density at radius 1 is 1.35 bits per heavy atom. The van der Waals surface area contributed by atoms with E-state index < -0.39 is 5.54 Å². The number of nitrogens with two attached hydrogens (primary N) is 1. The van der Waals surface area contributed by atoms with E-state index in [9.17, 15) is 4.79 Å². The highest BCUT2D eigenvalue weighted by molar-refractivity contribution is 5.82. The molecule has 1 unspecified atom stereocenters. The zero-order chi connectivity index (χ0) is 14.6. The highest BCUT2D eigenvalue weighted by atomic mass is 16.5. The van der Waals surface area contributed by atoms with Crippen LogP contribution < -0.4 is 5.73 Å². The van der Waals surface area contributed by atoms with E-state index in [1.807, 2.05) is 14.0 Å². The van der Waals surface area contributed by atoms with E-state index in [0.29, 0.717) is 19.8 Å². The number of carbonyl (C=O) groups is 1. The maximum absolute atomic E-state index is 12.1. The number of hydrogen-bond donors (Lipinski definition) is 1. The van der Waals surface area contributed by atoms with E-state index in [0.717, 1.165) is 31.9 Å². The zero-order valence-electron chi connectivity index (χ0n) is 12.8. The van der Waals surface area contributed by atoms with Crippen molar-refractivity contribution in [2.24, 2.45) is 17.6 Å².